The molecule has 0 aromatic rings. The minimum Gasteiger partial charge on any atom is -0.298 e. The molecule has 1 spiro atoms. The van der Waals surface area contributed by atoms with E-state index in [9.17, 15) is 0 Å². The normalized spacial score (nSPS) is 44.0. The summed E-state index contributed by atoms with van der Waals surface area (Å²) in [7, 11) is 0. The fraction of sp³-hybridized carbons (Fsp3) is 0.905. The van der Waals surface area contributed by atoms with Crippen LogP contribution in [0.25, 0.3) is 0 Å². The summed E-state index contributed by atoms with van der Waals surface area (Å²) in [6.45, 7) is 16.0. The highest BCUT2D eigenvalue weighted by molar-refractivity contribution is 5.43. The van der Waals surface area contributed by atoms with Crippen molar-refractivity contribution in [3.63, 3.8) is 0 Å². The zero-order valence-corrected chi connectivity index (χ0v) is 15.5. The Balaban J connectivity index is 1.75. The third kappa shape index (κ3) is 1.75. The van der Waals surface area contributed by atoms with Crippen LogP contribution in [0.2, 0.25) is 0 Å². The van der Waals surface area contributed by atoms with E-state index in [1.807, 2.05) is 11.1 Å². The Kier molecular flexibility index (Phi) is 3.36. The van der Waals surface area contributed by atoms with Gasteiger partial charge in [0, 0.05) is 17.5 Å². The van der Waals surface area contributed by atoms with Gasteiger partial charge >= 0.3 is 0 Å². The van der Waals surface area contributed by atoms with Crippen LogP contribution in [0.1, 0.15) is 67.2 Å². The quantitative estimate of drug-likeness (QED) is 0.654. The number of hydrogen-bond acceptors (Lipinski definition) is 1. The van der Waals surface area contributed by atoms with E-state index in [0.717, 1.165) is 41.7 Å². The maximum atomic E-state index is 2.84. The molecular formula is C21H35N. The van der Waals surface area contributed by atoms with Crippen molar-refractivity contribution < 1.29 is 0 Å². The first-order valence-electron chi connectivity index (χ1n) is 9.89. The maximum Gasteiger partial charge on any atom is 0.0135 e. The lowest BCUT2D eigenvalue weighted by atomic mass is 9.52. The summed E-state index contributed by atoms with van der Waals surface area (Å²) in [5, 5.41) is 0. The Morgan fingerprint density at radius 3 is 2.18 bits per heavy atom. The highest BCUT2D eigenvalue weighted by atomic mass is 15.2. The Bertz CT molecular complexity index is 500. The van der Waals surface area contributed by atoms with Gasteiger partial charge in [-0.15, -0.1) is 0 Å². The molecule has 0 aromatic carbocycles. The molecule has 4 aliphatic rings. The lowest BCUT2D eigenvalue weighted by molar-refractivity contribution is -0.0851. The summed E-state index contributed by atoms with van der Waals surface area (Å²) in [5.41, 5.74) is 4.47. The van der Waals surface area contributed by atoms with Crippen LogP contribution in [0.3, 0.4) is 0 Å². The van der Waals surface area contributed by atoms with Gasteiger partial charge in [0.15, 0.2) is 0 Å². The number of likely N-dealkylation sites (tertiary alicyclic amines) is 1. The largest absolute Gasteiger partial charge is 0.298 e. The molecule has 1 heteroatoms. The number of allylic oxidation sites excluding steroid dienone is 2. The van der Waals surface area contributed by atoms with E-state index in [1.54, 1.807) is 0 Å². The van der Waals surface area contributed by atoms with Gasteiger partial charge in [-0.3, -0.25) is 4.90 Å². The van der Waals surface area contributed by atoms with Crippen molar-refractivity contribution in [2.24, 2.45) is 35.0 Å². The van der Waals surface area contributed by atoms with E-state index in [4.69, 9.17) is 0 Å². The van der Waals surface area contributed by atoms with Gasteiger partial charge in [0.25, 0.3) is 0 Å². The molecule has 0 bridgehead atoms. The number of hydrogen-bond donors (Lipinski definition) is 0. The van der Waals surface area contributed by atoms with E-state index in [2.05, 4.69) is 46.4 Å². The van der Waals surface area contributed by atoms with Crippen LogP contribution >= 0.6 is 0 Å². The molecule has 0 N–H and O–H groups in total. The zero-order chi connectivity index (χ0) is 15.8. The van der Waals surface area contributed by atoms with Crippen LogP contribution in [-0.2, 0) is 0 Å². The summed E-state index contributed by atoms with van der Waals surface area (Å²) in [4.78, 5) is 2.84. The second-order valence-electron chi connectivity index (χ2n) is 9.50. The highest BCUT2D eigenvalue weighted by Gasteiger charge is 2.68. The summed E-state index contributed by atoms with van der Waals surface area (Å²) >= 11 is 0. The molecule has 5 atom stereocenters. The number of piperidine rings is 1. The first kappa shape index (κ1) is 15.2. The van der Waals surface area contributed by atoms with Gasteiger partial charge in [-0.2, -0.15) is 0 Å². The molecule has 3 aliphatic carbocycles. The molecule has 1 nitrogen and oxygen atoms in total. The lowest BCUT2D eigenvalue weighted by Gasteiger charge is -2.61. The molecule has 1 heterocycles. The fourth-order valence-electron chi connectivity index (χ4n) is 6.97. The van der Waals surface area contributed by atoms with Crippen LogP contribution < -0.4 is 0 Å². The molecular weight excluding hydrogens is 266 g/mol. The van der Waals surface area contributed by atoms with Crippen molar-refractivity contribution in [2.45, 2.75) is 79.3 Å². The molecule has 22 heavy (non-hydrogen) atoms. The number of rotatable bonds is 3. The second-order valence-corrected chi connectivity index (χ2v) is 9.50. The third-order valence-electron chi connectivity index (χ3n) is 7.64. The summed E-state index contributed by atoms with van der Waals surface area (Å²) in [6, 6.07) is 1.63. The molecule has 3 fully saturated rings. The van der Waals surface area contributed by atoms with Crippen molar-refractivity contribution in [2.75, 3.05) is 6.54 Å². The molecule has 2 saturated carbocycles. The van der Waals surface area contributed by atoms with E-state index in [1.165, 1.54) is 32.2 Å². The Morgan fingerprint density at radius 1 is 0.955 bits per heavy atom. The Labute approximate surface area is 137 Å². The van der Waals surface area contributed by atoms with Gasteiger partial charge < -0.3 is 0 Å². The average Bonchev–Trinajstić information content (AvgIpc) is 3.11. The molecule has 1 saturated heterocycles. The monoisotopic (exact) mass is 301 g/mol. The van der Waals surface area contributed by atoms with Gasteiger partial charge in [-0.05, 0) is 75.7 Å². The predicted octanol–water partition coefficient (Wildman–Crippen LogP) is 5.12. The van der Waals surface area contributed by atoms with Gasteiger partial charge in [0.05, 0.1) is 0 Å². The number of nitrogens with zero attached hydrogens (tertiary/aromatic N) is 1. The van der Waals surface area contributed by atoms with Crippen molar-refractivity contribution in [1.29, 1.82) is 0 Å². The standard InChI is InChI=1S/C21H35N/c1-12(2)19-15-11-17(15)21(20(19)13(3)4)9-10-22(14(5)6)18-8-7-16(18)21/h12-18H,7-11H2,1-6H3/t15?,16-,17?,18+,21-/m1/s1. The van der Waals surface area contributed by atoms with Gasteiger partial charge in [-0.25, -0.2) is 0 Å². The summed E-state index contributed by atoms with van der Waals surface area (Å²) in [6.07, 6.45) is 5.94. The van der Waals surface area contributed by atoms with Gasteiger partial charge in [-0.1, -0.05) is 38.8 Å². The topological polar surface area (TPSA) is 3.24 Å². The van der Waals surface area contributed by atoms with Crippen molar-refractivity contribution in [3.8, 4) is 0 Å². The average molecular weight is 302 g/mol. The fourth-order valence-corrected chi connectivity index (χ4v) is 6.97. The summed E-state index contributed by atoms with van der Waals surface area (Å²) < 4.78 is 0. The zero-order valence-electron chi connectivity index (χ0n) is 15.5. The smallest absolute Gasteiger partial charge is 0.0135 e. The molecule has 2 unspecified atom stereocenters. The Hall–Kier alpha value is -0.300. The van der Waals surface area contributed by atoms with Gasteiger partial charge in [0.1, 0.15) is 0 Å². The van der Waals surface area contributed by atoms with E-state index in [0.29, 0.717) is 5.41 Å². The van der Waals surface area contributed by atoms with E-state index in [-0.39, 0.29) is 0 Å². The minimum absolute atomic E-state index is 0.618. The molecule has 0 aromatic heterocycles. The Morgan fingerprint density at radius 2 is 1.68 bits per heavy atom. The lowest BCUT2D eigenvalue weighted by Crippen LogP contribution is -2.62. The SMILES string of the molecule is CC(C)C1=C(C(C)C)[C@@]2(CCN(C(C)C)[C@H]3CC[C@H]32)C2CC12. The van der Waals surface area contributed by atoms with Crippen LogP contribution in [-0.4, -0.2) is 23.5 Å². The van der Waals surface area contributed by atoms with Crippen molar-refractivity contribution >= 4 is 0 Å². The van der Waals surface area contributed by atoms with Gasteiger partial charge in [0.2, 0.25) is 0 Å². The van der Waals surface area contributed by atoms with E-state index >= 15 is 0 Å². The predicted molar refractivity (Wildman–Crippen MR) is 93.7 cm³/mol. The molecule has 124 valence electrons. The molecule has 1 aliphatic heterocycles. The highest BCUT2D eigenvalue weighted by Crippen LogP contribution is 2.74. The first-order valence-corrected chi connectivity index (χ1v) is 9.89. The molecule has 4 rings (SSSR count). The van der Waals surface area contributed by atoms with Crippen LogP contribution in [0.15, 0.2) is 11.1 Å². The van der Waals surface area contributed by atoms with Crippen LogP contribution in [0.5, 0.6) is 0 Å². The maximum absolute atomic E-state index is 2.84. The van der Waals surface area contributed by atoms with E-state index < -0.39 is 0 Å². The second kappa shape index (κ2) is 4.85. The number of fused-ring (bicyclic) bond motifs is 4. The minimum atomic E-state index is 0.618. The van der Waals surface area contributed by atoms with Crippen molar-refractivity contribution in [1.82, 2.24) is 4.90 Å². The first-order chi connectivity index (χ1) is 10.4. The van der Waals surface area contributed by atoms with Crippen LogP contribution in [0.4, 0.5) is 0 Å². The summed E-state index contributed by atoms with van der Waals surface area (Å²) in [5.74, 6) is 4.52. The van der Waals surface area contributed by atoms with Crippen LogP contribution in [0, 0.1) is 35.0 Å². The van der Waals surface area contributed by atoms with Crippen molar-refractivity contribution in [3.05, 3.63) is 11.1 Å². The molecule has 0 radical (unpaired) electrons. The molecule has 0 amide bonds. The third-order valence-corrected chi connectivity index (χ3v) is 7.64.